The largest absolute Gasteiger partial charge is 0.325 e. The van der Waals surface area contributed by atoms with Crippen molar-refractivity contribution < 1.29 is 14.4 Å². The number of imide groups is 1. The Kier molecular flexibility index (Phi) is 4.93. The standard InChI is InChI=1S/C17H19Cl2N3O3/c1-10-4-2-3-7-17(10)15(24)22(16(25)21-17)9-14(23)20-13-6-5-11(18)8-12(13)19/h5-6,8,10H,2-4,7,9H2,1H3,(H,20,23)(H,21,25)/t10-,17+/m0/s1. The minimum Gasteiger partial charge on any atom is -0.323 e. The van der Waals surface area contributed by atoms with Crippen molar-refractivity contribution in [3.8, 4) is 0 Å². The van der Waals surface area contributed by atoms with Crippen LogP contribution in [0.3, 0.4) is 0 Å². The van der Waals surface area contributed by atoms with Crippen LogP contribution in [-0.4, -0.2) is 34.8 Å². The van der Waals surface area contributed by atoms with Gasteiger partial charge in [-0.2, -0.15) is 0 Å². The summed E-state index contributed by atoms with van der Waals surface area (Å²) < 4.78 is 0. The number of hydrogen-bond donors (Lipinski definition) is 2. The second-order valence-corrected chi connectivity index (χ2v) is 7.46. The second-order valence-electron chi connectivity index (χ2n) is 6.61. The van der Waals surface area contributed by atoms with Crippen molar-refractivity contribution in [2.75, 3.05) is 11.9 Å². The van der Waals surface area contributed by atoms with Crippen molar-refractivity contribution in [1.82, 2.24) is 10.2 Å². The Morgan fingerprint density at radius 1 is 1.36 bits per heavy atom. The molecule has 1 spiro atoms. The highest BCUT2D eigenvalue weighted by atomic mass is 35.5. The van der Waals surface area contributed by atoms with Crippen LogP contribution in [0.5, 0.6) is 0 Å². The lowest BCUT2D eigenvalue weighted by molar-refractivity contribution is -0.136. The zero-order chi connectivity index (χ0) is 18.2. The highest BCUT2D eigenvalue weighted by molar-refractivity contribution is 6.36. The molecule has 0 bridgehead atoms. The predicted octanol–water partition coefficient (Wildman–Crippen LogP) is 3.43. The molecule has 1 heterocycles. The van der Waals surface area contributed by atoms with Gasteiger partial charge in [-0.15, -0.1) is 0 Å². The molecule has 1 saturated heterocycles. The predicted molar refractivity (Wildman–Crippen MR) is 95.7 cm³/mol. The molecule has 25 heavy (non-hydrogen) atoms. The molecule has 8 heteroatoms. The third kappa shape index (κ3) is 3.33. The molecule has 1 aromatic rings. The molecular formula is C17H19Cl2N3O3. The minimum atomic E-state index is -0.868. The van der Waals surface area contributed by atoms with E-state index in [-0.39, 0.29) is 23.4 Å². The van der Waals surface area contributed by atoms with Crippen LogP contribution in [0, 0.1) is 5.92 Å². The van der Waals surface area contributed by atoms with Crippen LogP contribution in [0.4, 0.5) is 10.5 Å². The second kappa shape index (κ2) is 6.84. The van der Waals surface area contributed by atoms with Gasteiger partial charge < -0.3 is 10.6 Å². The van der Waals surface area contributed by atoms with Gasteiger partial charge >= 0.3 is 6.03 Å². The third-order valence-corrected chi connectivity index (χ3v) is 5.56. The van der Waals surface area contributed by atoms with Gasteiger partial charge in [0.25, 0.3) is 5.91 Å². The first-order valence-corrected chi connectivity index (χ1v) is 8.98. The number of anilines is 1. The Bertz CT molecular complexity index is 740. The number of nitrogens with zero attached hydrogens (tertiary/aromatic N) is 1. The first-order chi connectivity index (χ1) is 11.8. The number of carbonyl (C=O) groups is 3. The van der Waals surface area contributed by atoms with Gasteiger partial charge in [-0.1, -0.05) is 43.0 Å². The van der Waals surface area contributed by atoms with E-state index < -0.39 is 17.5 Å². The summed E-state index contributed by atoms with van der Waals surface area (Å²) in [5, 5.41) is 6.16. The summed E-state index contributed by atoms with van der Waals surface area (Å²) in [5.41, 5.74) is -0.489. The lowest BCUT2D eigenvalue weighted by atomic mass is 9.73. The first-order valence-electron chi connectivity index (χ1n) is 8.22. The molecule has 0 radical (unpaired) electrons. The molecule has 1 aliphatic heterocycles. The first kappa shape index (κ1) is 18.0. The molecule has 4 amide bonds. The van der Waals surface area contributed by atoms with Crippen molar-refractivity contribution >= 4 is 46.7 Å². The molecule has 134 valence electrons. The number of amides is 4. The summed E-state index contributed by atoms with van der Waals surface area (Å²) >= 11 is 11.8. The maximum Gasteiger partial charge on any atom is 0.325 e. The normalized spacial score (nSPS) is 26.0. The average molecular weight is 384 g/mol. The van der Waals surface area contributed by atoms with Crippen LogP contribution < -0.4 is 10.6 Å². The molecule has 6 nitrogen and oxygen atoms in total. The number of hydrogen-bond acceptors (Lipinski definition) is 3. The van der Waals surface area contributed by atoms with Crippen molar-refractivity contribution in [3.63, 3.8) is 0 Å². The van der Waals surface area contributed by atoms with Gasteiger partial charge in [-0.3, -0.25) is 14.5 Å². The molecule has 2 N–H and O–H groups in total. The monoisotopic (exact) mass is 383 g/mol. The minimum absolute atomic E-state index is 0.0523. The fraction of sp³-hybridized carbons (Fsp3) is 0.471. The molecule has 1 aromatic carbocycles. The quantitative estimate of drug-likeness (QED) is 0.784. The van der Waals surface area contributed by atoms with Crippen molar-refractivity contribution in [2.24, 2.45) is 5.92 Å². The zero-order valence-corrected chi connectivity index (χ0v) is 15.3. The summed E-state index contributed by atoms with van der Waals surface area (Å²) in [6.07, 6.45) is 3.42. The van der Waals surface area contributed by atoms with E-state index in [1.165, 1.54) is 6.07 Å². The van der Waals surface area contributed by atoms with Crippen LogP contribution >= 0.6 is 23.2 Å². The molecule has 1 saturated carbocycles. The van der Waals surface area contributed by atoms with Gasteiger partial charge in [-0.25, -0.2) is 4.79 Å². The maximum absolute atomic E-state index is 12.8. The summed E-state index contributed by atoms with van der Waals surface area (Å²) in [6.45, 7) is 1.62. The topological polar surface area (TPSA) is 78.5 Å². The summed E-state index contributed by atoms with van der Waals surface area (Å²) in [4.78, 5) is 38.4. The van der Waals surface area contributed by atoms with Crippen molar-refractivity contribution in [2.45, 2.75) is 38.1 Å². The van der Waals surface area contributed by atoms with Crippen molar-refractivity contribution in [1.29, 1.82) is 0 Å². The molecule has 2 aliphatic rings. The number of carbonyl (C=O) groups excluding carboxylic acids is 3. The number of nitrogens with one attached hydrogen (secondary N) is 2. The number of benzene rings is 1. The zero-order valence-electron chi connectivity index (χ0n) is 13.8. The van der Waals surface area contributed by atoms with Gasteiger partial charge in [-0.05, 0) is 37.0 Å². The van der Waals surface area contributed by atoms with E-state index in [4.69, 9.17) is 23.2 Å². The maximum atomic E-state index is 12.8. The van der Waals surface area contributed by atoms with Gasteiger partial charge in [0.15, 0.2) is 0 Å². The number of halogens is 2. The molecular weight excluding hydrogens is 365 g/mol. The fourth-order valence-electron chi connectivity index (χ4n) is 3.56. The van der Waals surface area contributed by atoms with Gasteiger partial charge in [0.1, 0.15) is 12.1 Å². The van der Waals surface area contributed by atoms with Crippen molar-refractivity contribution in [3.05, 3.63) is 28.2 Å². The van der Waals surface area contributed by atoms with Gasteiger partial charge in [0.05, 0.1) is 10.7 Å². The highest BCUT2D eigenvalue weighted by Gasteiger charge is 2.55. The smallest absolute Gasteiger partial charge is 0.323 e. The molecule has 0 aromatic heterocycles. The van der Waals surface area contributed by atoms with E-state index in [0.29, 0.717) is 17.1 Å². The van der Waals surface area contributed by atoms with Crippen LogP contribution in [0.25, 0.3) is 0 Å². The fourth-order valence-corrected chi connectivity index (χ4v) is 4.02. The van der Waals surface area contributed by atoms with E-state index in [9.17, 15) is 14.4 Å². The highest BCUT2D eigenvalue weighted by Crippen LogP contribution is 2.38. The third-order valence-electron chi connectivity index (χ3n) is 5.01. The summed E-state index contributed by atoms with van der Waals surface area (Å²) in [5.74, 6) is -0.758. The number of rotatable bonds is 3. The summed E-state index contributed by atoms with van der Waals surface area (Å²) in [7, 11) is 0. The molecule has 0 unspecified atom stereocenters. The van der Waals surface area contributed by atoms with E-state index in [2.05, 4.69) is 10.6 Å². The Hall–Kier alpha value is -1.79. The van der Waals surface area contributed by atoms with E-state index >= 15 is 0 Å². The molecule has 2 fully saturated rings. The van der Waals surface area contributed by atoms with E-state index in [1.54, 1.807) is 12.1 Å². The van der Waals surface area contributed by atoms with Gasteiger partial charge in [0.2, 0.25) is 5.91 Å². The average Bonchev–Trinajstić information content (AvgIpc) is 2.78. The number of urea groups is 1. The Morgan fingerprint density at radius 3 is 2.80 bits per heavy atom. The van der Waals surface area contributed by atoms with E-state index in [0.717, 1.165) is 24.2 Å². The van der Waals surface area contributed by atoms with Crippen LogP contribution in [0.15, 0.2) is 18.2 Å². The molecule has 3 rings (SSSR count). The Balaban J connectivity index is 1.71. The van der Waals surface area contributed by atoms with Gasteiger partial charge in [0, 0.05) is 5.02 Å². The SMILES string of the molecule is C[C@H]1CCCC[C@@]12NC(=O)N(CC(=O)Nc1ccc(Cl)cc1Cl)C2=O. The molecule has 1 aliphatic carbocycles. The Labute approximate surface area is 155 Å². The lowest BCUT2D eigenvalue weighted by Gasteiger charge is -2.36. The molecule has 2 atom stereocenters. The van der Waals surface area contributed by atoms with Crippen LogP contribution in [-0.2, 0) is 9.59 Å². The van der Waals surface area contributed by atoms with Crippen LogP contribution in [0.2, 0.25) is 10.0 Å². The lowest BCUT2D eigenvalue weighted by Crippen LogP contribution is -2.54. The Morgan fingerprint density at radius 2 is 2.12 bits per heavy atom. The van der Waals surface area contributed by atoms with Crippen LogP contribution in [0.1, 0.15) is 32.6 Å². The van der Waals surface area contributed by atoms with E-state index in [1.807, 2.05) is 6.92 Å². The summed E-state index contributed by atoms with van der Waals surface area (Å²) in [6, 6.07) is 4.15.